The van der Waals surface area contributed by atoms with Crippen molar-refractivity contribution >= 4 is 5.78 Å². The molecule has 0 radical (unpaired) electrons. The molecule has 0 spiro atoms. The van der Waals surface area contributed by atoms with Crippen LogP contribution in [0.25, 0.3) is 0 Å². The highest BCUT2D eigenvalue weighted by molar-refractivity contribution is 5.97. The van der Waals surface area contributed by atoms with Crippen molar-refractivity contribution in [2.75, 3.05) is 7.11 Å². The molecule has 2 rings (SSSR count). The quantitative estimate of drug-likeness (QED) is 0.793. The van der Waals surface area contributed by atoms with Crippen molar-refractivity contribution < 1.29 is 9.53 Å². The van der Waals surface area contributed by atoms with Gasteiger partial charge in [-0.3, -0.25) is 9.48 Å². The number of rotatable bonds is 5. The van der Waals surface area contributed by atoms with Gasteiger partial charge >= 0.3 is 0 Å². The summed E-state index contributed by atoms with van der Waals surface area (Å²) in [6.07, 6.45) is 1.23. The smallest absolute Gasteiger partial charge is 0.163 e. The van der Waals surface area contributed by atoms with E-state index >= 15 is 0 Å². The zero-order chi connectivity index (χ0) is 15.6. The Morgan fingerprint density at radius 3 is 2.52 bits per heavy atom. The molecule has 4 heteroatoms. The van der Waals surface area contributed by atoms with Gasteiger partial charge in [0.2, 0.25) is 0 Å². The Morgan fingerprint density at radius 2 is 2.00 bits per heavy atom. The van der Waals surface area contributed by atoms with Crippen LogP contribution in [0.3, 0.4) is 0 Å². The molecule has 0 unspecified atom stereocenters. The lowest BCUT2D eigenvalue weighted by Crippen LogP contribution is -2.05. The van der Waals surface area contributed by atoms with Gasteiger partial charge in [-0.1, -0.05) is 0 Å². The molecule has 4 nitrogen and oxygen atoms in total. The number of hydrogen-bond donors (Lipinski definition) is 0. The highest BCUT2D eigenvalue weighted by atomic mass is 16.5. The molecule has 1 heterocycles. The van der Waals surface area contributed by atoms with Crippen LogP contribution in [0, 0.1) is 20.8 Å². The molecule has 0 fully saturated rings. The summed E-state index contributed by atoms with van der Waals surface area (Å²) in [5, 5.41) is 4.39. The molecule has 0 aliphatic heterocycles. The Labute approximate surface area is 125 Å². The molecule has 1 aromatic heterocycles. The van der Waals surface area contributed by atoms with Gasteiger partial charge in [0.1, 0.15) is 5.75 Å². The van der Waals surface area contributed by atoms with Crippen molar-refractivity contribution in [1.82, 2.24) is 9.78 Å². The van der Waals surface area contributed by atoms with Crippen LogP contribution in [-0.2, 0) is 13.5 Å². The third-order valence-corrected chi connectivity index (χ3v) is 3.99. The number of benzene rings is 1. The van der Waals surface area contributed by atoms with Crippen LogP contribution in [0.4, 0.5) is 0 Å². The zero-order valence-electron chi connectivity index (χ0n) is 13.4. The maximum Gasteiger partial charge on any atom is 0.163 e. The highest BCUT2D eigenvalue weighted by Gasteiger charge is 2.14. The van der Waals surface area contributed by atoms with E-state index in [4.69, 9.17) is 4.74 Å². The maximum absolute atomic E-state index is 12.4. The third-order valence-electron chi connectivity index (χ3n) is 3.99. The minimum atomic E-state index is 0.165. The first-order valence-corrected chi connectivity index (χ1v) is 7.11. The van der Waals surface area contributed by atoms with Gasteiger partial charge in [-0.25, -0.2) is 0 Å². The van der Waals surface area contributed by atoms with Crippen molar-refractivity contribution in [3.8, 4) is 5.75 Å². The normalized spacial score (nSPS) is 10.7. The predicted octanol–water partition coefficient (Wildman–Crippen LogP) is 3.17. The number of ether oxygens (including phenoxy) is 1. The number of hydrogen-bond acceptors (Lipinski definition) is 3. The molecular weight excluding hydrogens is 264 g/mol. The van der Waals surface area contributed by atoms with Crippen LogP contribution >= 0.6 is 0 Å². The fourth-order valence-electron chi connectivity index (χ4n) is 2.63. The van der Waals surface area contributed by atoms with Crippen molar-refractivity contribution in [2.24, 2.45) is 7.05 Å². The third kappa shape index (κ3) is 3.15. The van der Waals surface area contributed by atoms with Crippen LogP contribution in [0.15, 0.2) is 18.2 Å². The minimum absolute atomic E-state index is 0.165. The van der Waals surface area contributed by atoms with Gasteiger partial charge in [-0.2, -0.15) is 5.10 Å². The van der Waals surface area contributed by atoms with Gasteiger partial charge in [0.15, 0.2) is 5.78 Å². The average molecular weight is 286 g/mol. The number of aryl methyl sites for hydroxylation is 3. The standard InChI is InChI=1S/C17H22N2O2/c1-11-10-14(21-5)6-7-15(11)17(20)9-8-16-12(2)18-19(4)13(16)3/h6-7,10H,8-9H2,1-5H3. The highest BCUT2D eigenvalue weighted by Crippen LogP contribution is 2.20. The van der Waals surface area contributed by atoms with E-state index in [0.717, 1.165) is 34.7 Å². The second-order valence-corrected chi connectivity index (χ2v) is 5.38. The number of nitrogens with zero attached hydrogens (tertiary/aromatic N) is 2. The Morgan fingerprint density at radius 1 is 1.29 bits per heavy atom. The molecular formula is C17H22N2O2. The van der Waals surface area contributed by atoms with E-state index < -0.39 is 0 Å². The zero-order valence-corrected chi connectivity index (χ0v) is 13.4. The minimum Gasteiger partial charge on any atom is -0.497 e. The van der Waals surface area contributed by atoms with Gasteiger partial charge in [0.05, 0.1) is 12.8 Å². The molecule has 1 aromatic carbocycles. The van der Waals surface area contributed by atoms with Crippen molar-refractivity contribution in [3.05, 3.63) is 46.3 Å². The number of aromatic nitrogens is 2. The van der Waals surface area contributed by atoms with E-state index in [1.54, 1.807) is 7.11 Å². The number of methoxy groups -OCH3 is 1. The molecule has 0 aliphatic carbocycles. The number of ketones is 1. The summed E-state index contributed by atoms with van der Waals surface area (Å²) in [5.74, 6) is 0.945. The molecule has 0 bridgehead atoms. The van der Waals surface area contributed by atoms with Crippen LogP contribution in [0.5, 0.6) is 5.75 Å². The van der Waals surface area contributed by atoms with E-state index in [0.29, 0.717) is 6.42 Å². The molecule has 0 aliphatic rings. The topological polar surface area (TPSA) is 44.1 Å². The lowest BCUT2D eigenvalue weighted by atomic mass is 9.98. The van der Waals surface area contributed by atoms with Gasteiger partial charge in [-0.15, -0.1) is 0 Å². The summed E-state index contributed by atoms with van der Waals surface area (Å²) in [6.45, 7) is 5.97. The van der Waals surface area contributed by atoms with Crippen LogP contribution in [-0.4, -0.2) is 22.7 Å². The molecule has 2 aromatic rings. The molecule has 21 heavy (non-hydrogen) atoms. The lowest BCUT2D eigenvalue weighted by Gasteiger charge is -2.07. The van der Waals surface area contributed by atoms with Crippen LogP contribution < -0.4 is 4.74 Å². The van der Waals surface area contributed by atoms with E-state index in [1.165, 1.54) is 5.56 Å². The van der Waals surface area contributed by atoms with Gasteiger partial charge in [0, 0.05) is 24.7 Å². The number of carbonyl (C=O) groups excluding carboxylic acids is 1. The summed E-state index contributed by atoms with van der Waals surface area (Å²) in [4.78, 5) is 12.4. The Hall–Kier alpha value is -2.10. The van der Waals surface area contributed by atoms with E-state index in [2.05, 4.69) is 5.10 Å². The molecule has 0 N–H and O–H groups in total. The monoisotopic (exact) mass is 286 g/mol. The van der Waals surface area contributed by atoms with Crippen LogP contribution in [0.2, 0.25) is 0 Å². The largest absolute Gasteiger partial charge is 0.497 e. The fourth-order valence-corrected chi connectivity index (χ4v) is 2.63. The van der Waals surface area contributed by atoms with E-state index in [-0.39, 0.29) is 5.78 Å². The predicted molar refractivity (Wildman–Crippen MR) is 83.1 cm³/mol. The maximum atomic E-state index is 12.4. The summed E-state index contributed by atoms with van der Waals surface area (Å²) in [5.41, 5.74) is 5.05. The molecule has 0 amide bonds. The molecule has 0 atom stereocenters. The van der Waals surface area contributed by atoms with Crippen molar-refractivity contribution in [1.29, 1.82) is 0 Å². The fraction of sp³-hybridized carbons (Fsp3) is 0.412. The summed E-state index contributed by atoms with van der Waals surface area (Å²) in [7, 11) is 3.56. The first-order valence-electron chi connectivity index (χ1n) is 7.11. The number of carbonyl (C=O) groups is 1. The molecule has 112 valence electrons. The first kappa shape index (κ1) is 15.3. The van der Waals surface area contributed by atoms with E-state index in [9.17, 15) is 4.79 Å². The molecule has 0 saturated heterocycles. The van der Waals surface area contributed by atoms with Crippen molar-refractivity contribution in [3.63, 3.8) is 0 Å². The summed E-state index contributed by atoms with van der Waals surface area (Å²) < 4.78 is 7.04. The molecule has 0 saturated carbocycles. The van der Waals surface area contributed by atoms with Crippen LogP contribution in [0.1, 0.15) is 39.3 Å². The number of Topliss-reactive ketones (excluding diaryl/α,β-unsaturated/α-hetero) is 1. The SMILES string of the molecule is COc1ccc(C(=O)CCc2c(C)nn(C)c2C)c(C)c1. The van der Waals surface area contributed by atoms with Crippen molar-refractivity contribution in [2.45, 2.75) is 33.6 Å². The second kappa shape index (κ2) is 6.12. The van der Waals surface area contributed by atoms with Gasteiger partial charge in [-0.05, 0) is 56.5 Å². The Bertz CT molecular complexity index is 672. The first-order chi connectivity index (χ1) is 9.93. The summed E-state index contributed by atoms with van der Waals surface area (Å²) >= 11 is 0. The summed E-state index contributed by atoms with van der Waals surface area (Å²) in [6, 6.07) is 5.58. The second-order valence-electron chi connectivity index (χ2n) is 5.38. The Balaban J connectivity index is 2.12. The lowest BCUT2D eigenvalue weighted by molar-refractivity contribution is 0.0982. The van der Waals surface area contributed by atoms with E-state index in [1.807, 2.05) is 50.7 Å². The average Bonchev–Trinajstić information content (AvgIpc) is 2.69. The Kier molecular flexibility index (Phi) is 4.46. The van der Waals surface area contributed by atoms with Gasteiger partial charge < -0.3 is 4.74 Å². The van der Waals surface area contributed by atoms with Gasteiger partial charge in [0.25, 0.3) is 0 Å².